The fourth-order valence-electron chi connectivity index (χ4n) is 0.671. The topological polar surface area (TPSA) is 77.3 Å². The monoisotopic (exact) mass is 291 g/mol. The summed E-state index contributed by atoms with van der Waals surface area (Å²) in [6, 6.07) is 0. The van der Waals surface area contributed by atoms with E-state index in [1.165, 1.54) is 25.2 Å². The van der Waals surface area contributed by atoms with Gasteiger partial charge in [0.2, 0.25) is 0 Å². The fourth-order valence-corrected chi connectivity index (χ4v) is 1.23. The number of carbonyl (C=O) groups excluding carboxylic acids is 3. The Bertz CT molecular complexity index is 213. The summed E-state index contributed by atoms with van der Waals surface area (Å²) < 4.78 is 0. The molecule has 7 heteroatoms. The minimum absolute atomic E-state index is 0. The number of amides is 3. The average molecular weight is 291 g/mol. The molecule has 3 amide bonds. The molecule has 1 saturated heterocycles. The number of nitrogens with one attached hydrogen (secondary N) is 1. The van der Waals surface area contributed by atoms with Crippen molar-refractivity contribution in [1.29, 1.82) is 0 Å². The number of thioether (sulfide) groups is 1. The summed E-state index contributed by atoms with van der Waals surface area (Å²) in [6.45, 7) is 0. The van der Waals surface area contributed by atoms with E-state index in [9.17, 15) is 9.59 Å². The van der Waals surface area contributed by atoms with Crippen molar-refractivity contribution in [3.8, 4) is 0 Å². The molecule has 14 heavy (non-hydrogen) atoms. The predicted octanol–water partition coefficient (Wildman–Crippen LogP) is -0.181. The molecule has 1 aliphatic rings. The summed E-state index contributed by atoms with van der Waals surface area (Å²) in [5.74, 6) is -0.549. The van der Waals surface area contributed by atoms with Crippen molar-refractivity contribution in [2.45, 2.75) is 11.7 Å². The van der Waals surface area contributed by atoms with Gasteiger partial charge in [0, 0.05) is 39.1 Å². The van der Waals surface area contributed by atoms with Crippen molar-refractivity contribution in [2.24, 2.45) is 0 Å². The Hall–Kier alpha value is 0.0639. The summed E-state index contributed by atoms with van der Waals surface area (Å²) in [4.78, 5) is 30.0. The second kappa shape index (κ2) is 9.61. The van der Waals surface area contributed by atoms with E-state index in [-0.39, 0.29) is 49.8 Å². The third kappa shape index (κ3) is 6.51. The van der Waals surface area contributed by atoms with E-state index in [1.807, 2.05) is 0 Å². The second-order valence-corrected chi connectivity index (χ2v) is 3.16. The van der Waals surface area contributed by atoms with E-state index >= 15 is 0 Å². The molecular weight excluding hydrogens is 281 g/mol. The molecule has 1 rings (SSSR count). The van der Waals surface area contributed by atoms with E-state index in [1.54, 1.807) is 6.26 Å². The molecule has 0 aliphatic carbocycles. The third-order valence-corrected chi connectivity index (χ3v) is 2.19. The van der Waals surface area contributed by atoms with E-state index < -0.39 is 0 Å². The first-order valence-electron chi connectivity index (χ1n) is 3.50. The van der Waals surface area contributed by atoms with Gasteiger partial charge in [-0.15, -0.1) is 0 Å². The third-order valence-electron chi connectivity index (χ3n) is 1.26. The minimum Gasteiger partial charge on any atom is -0.595 e. The Morgan fingerprint density at radius 2 is 2.07 bits per heavy atom. The number of nitrogens with zero attached hydrogens (tertiary/aromatic N) is 1. The van der Waals surface area contributed by atoms with Gasteiger partial charge in [-0.25, -0.2) is 0 Å². The van der Waals surface area contributed by atoms with Gasteiger partial charge in [-0.05, 0) is 13.3 Å². The molecule has 0 aromatic rings. The van der Waals surface area contributed by atoms with E-state index in [4.69, 9.17) is 4.79 Å². The van der Waals surface area contributed by atoms with Gasteiger partial charge >= 0.3 is 0 Å². The van der Waals surface area contributed by atoms with E-state index in [0.29, 0.717) is 6.42 Å². The van der Waals surface area contributed by atoms with E-state index in [0.717, 1.165) is 0 Å². The Morgan fingerprint density at radius 1 is 1.57 bits per heavy atom. The number of rotatable bonds is 2. The van der Waals surface area contributed by atoms with Crippen LogP contribution in [0.15, 0.2) is 0 Å². The minimum atomic E-state index is -0.278. The number of hydrogen-bond acceptors (Lipinski definition) is 4. The van der Waals surface area contributed by atoms with Crippen LogP contribution in [0.3, 0.4) is 0 Å². The molecule has 1 N–H and O–H groups in total. The number of imide groups is 1. The zero-order chi connectivity index (χ0) is 10.3. The van der Waals surface area contributed by atoms with Crippen LogP contribution in [0.5, 0.6) is 0 Å². The fraction of sp³-hybridized carbons (Fsp3) is 0.571. The Balaban J connectivity index is 0. The Labute approximate surface area is 112 Å². The van der Waals surface area contributed by atoms with Crippen LogP contribution in [0.25, 0.3) is 5.32 Å². The SMILES string of the molecule is CN[C-]=O.CSC1CC(=O)[N-]C1=O.[Y]. The van der Waals surface area contributed by atoms with Crippen LogP contribution in [0.4, 0.5) is 0 Å². The molecule has 0 aromatic carbocycles. The molecule has 1 radical (unpaired) electrons. The van der Waals surface area contributed by atoms with Gasteiger partial charge in [-0.2, -0.15) is 18.2 Å². The van der Waals surface area contributed by atoms with Gasteiger partial charge in [0.15, 0.2) is 0 Å². The van der Waals surface area contributed by atoms with Gasteiger partial charge in [0.1, 0.15) is 0 Å². The van der Waals surface area contributed by atoms with Crippen molar-refractivity contribution in [2.75, 3.05) is 13.3 Å². The molecule has 1 heterocycles. The van der Waals surface area contributed by atoms with Crippen LogP contribution in [-0.4, -0.2) is 36.8 Å². The van der Waals surface area contributed by atoms with E-state index in [2.05, 4.69) is 10.6 Å². The molecule has 1 atom stereocenters. The first-order valence-corrected chi connectivity index (χ1v) is 4.79. The standard InChI is InChI=1S/C5H7NO2S.C2H4NO.Y/c1-9-3-2-4(7)6-5(3)8;1-3-2-4;/h3H,2H2,1H3,(H,6,7,8);1H3,(H,3,4);/q;-1;/p-1. The molecular formula is C7H10N2O3SY-2. The maximum Gasteiger partial charge on any atom is 0.0701 e. The van der Waals surface area contributed by atoms with Gasteiger partial charge in [-0.1, -0.05) is 0 Å². The smallest absolute Gasteiger partial charge is 0.0701 e. The average Bonchev–Trinajstić information content (AvgIpc) is 2.45. The largest absolute Gasteiger partial charge is 0.595 e. The van der Waals surface area contributed by atoms with Crippen LogP contribution in [0.1, 0.15) is 6.42 Å². The normalized spacial score (nSPS) is 18.6. The van der Waals surface area contributed by atoms with Crippen molar-refractivity contribution in [3.63, 3.8) is 0 Å². The van der Waals surface area contributed by atoms with Gasteiger partial charge in [0.05, 0.1) is 17.1 Å². The van der Waals surface area contributed by atoms with Gasteiger partial charge in [0.25, 0.3) is 0 Å². The number of carbonyl (C=O) groups is 2. The second-order valence-electron chi connectivity index (χ2n) is 2.12. The Morgan fingerprint density at radius 3 is 2.21 bits per heavy atom. The van der Waals surface area contributed by atoms with Crippen LogP contribution in [0.2, 0.25) is 0 Å². The first kappa shape index (κ1) is 16.5. The van der Waals surface area contributed by atoms with Crippen molar-refractivity contribution < 1.29 is 47.1 Å². The molecule has 77 valence electrons. The molecule has 0 spiro atoms. The molecule has 0 bridgehead atoms. The maximum atomic E-state index is 10.6. The summed E-state index contributed by atoms with van der Waals surface area (Å²) >= 11 is 1.38. The molecule has 1 unspecified atom stereocenters. The zero-order valence-electron chi connectivity index (χ0n) is 7.94. The zero-order valence-corrected chi connectivity index (χ0v) is 11.6. The van der Waals surface area contributed by atoms with Gasteiger partial charge < -0.3 is 25.0 Å². The maximum absolute atomic E-state index is 10.6. The predicted molar refractivity (Wildman–Crippen MR) is 50.0 cm³/mol. The molecule has 0 aromatic heterocycles. The van der Waals surface area contributed by atoms with Crippen LogP contribution in [-0.2, 0) is 47.1 Å². The molecule has 0 saturated carbocycles. The van der Waals surface area contributed by atoms with Crippen molar-refractivity contribution in [1.82, 2.24) is 5.32 Å². The summed E-state index contributed by atoms with van der Waals surface area (Å²) in [7, 11) is 1.51. The first-order chi connectivity index (χ1) is 6.15. The van der Waals surface area contributed by atoms with Crippen molar-refractivity contribution >= 4 is 30.0 Å². The summed E-state index contributed by atoms with van der Waals surface area (Å²) in [5.41, 5.74) is 0. The molecule has 5 nitrogen and oxygen atoms in total. The van der Waals surface area contributed by atoms with Crippen molar-refractivity contribution in [3.05, 3.63) is 5.32 Å². The molecule has 1 aliphatic heterocycles. The number of hydrogen-bond donors (Lipinski definition) is 1. The van der Waals surface area contributed by atoms with Crippen LogP contribution >= 0.6 is 11.8 Å². The summed E-state index contributed by atoms with van der Waals surface area (Å²) in [6.07, 6.45) is 3.52. The molecule has 1 fully saturated rings. The Kier molecular flexibility index (Phi) is 11.3. The van der Waals surface area contributed by atoms with Crippen LogP contribution in [0, 0.1) is 0 Å². The van der Waals surface area contributed by atoms with Gasteiger partial charge in [-0.3, -0.25) is 0 Å². The van der Waals surface area contributed by atoms with Crippen LogP contribution < -0.4 is 5.32 Å². The quantitative estimate of drug-likeness (QED) is 0.435. The summed E-state index contributed by atoms with van der Waals surface area (Å²) in [5, 5.41) is 5.17.